The van der Waals surface area contributed by atoms with Crippen molar-refractivity contribution < 1.29 is 4.74 Å². The molecule has 0 amide bonds. The topological polar surface area (TPSA) is 9.23 Å². The maximum Gasteiger partial charge on any atom is 0.119 e. The van der Waals surface area contributed by atoms with Crippen LogP contribution < -0.4 is 4.74 Å². The molecule has 1 rings (SSSR count). The fourth-order valence-corrected chi connectivity index (χ4v) is 1.69. The average Bonchev–Trinajstić information content (AvgIpc) is 2.18. The molecule has 14 heavy (non-hydrogen) atoms. The van der Waals surface area contributed by atoms with Crippen LogP contribution >= 0.6 is 0 Å². The zero-order valence-electron chi connectivity index (χ0n) is 9.63. The third-order valence-corrected chi connectivity index (χ3v) is 2.43. The SMILES string of the molecule is CCOc1ccc(CC)c(C(C)C)c1. The lowest BCUT2D eigenvalue weighted by Crippen LogP contribution is -1.98. The Balaban J connectivity index is 3.01. The Morgan fingerprint density at radius 2 is 1.93 bits per heavy atom. The molecular weight excluding hydrogens is 172 g/mol. The molecule has 0 aromatic heterocycles. The third kappa shape index (κ3) is 2.50. The minimum atomic E-state index is 0.574. The molecule has 0 bridgehead atoms. The summed E-state index contributed by atoms with van der Waals surface area (Å²) in [4.78, 5) is 0. The first-order valence-electron chi connectivity index (χ1n) is 5.44. The molecule has 0 heterocycles. The van der Waals surface area contributed by atoms with Gasteiger partial charge in [-0.1, -0.05) is 26.8 Å². The molecule has 0 saturated heterocycles. The zero-order valence-corrected chi connectivity index (χ0v) is 9.63. The maximum atomic E-state index is 5.50. The second-order valence-electron chi connectivity index (χ2n) is 3.80. The minimum Gasteiger partial charge on any atom is -0.494 e. The molecule has 0 aliphatic carbocycles. The predicted octanol–water partition coefficient (Wildman–Crippen LogP) is 3.77. The number of rotatable bonds is 4. The van der Waals surface area contributed by atoms with Gasteiger partial charge in [0.2, 0.25) is 0 Å². The van der Waals surface area contributed by atoms with Gasteiger partial charge in [-0.25, -0.2) is 0 Å². The van der Waals surface area contributed by atoms with Crippen molar-refractivity contribution in [1.82, 2.24) is 0 Å². The highest BCUT2D eigenvalue weighted by atomic mass is 16.5. The number of hydrogen-bond donors (Lipinski definition) is 0. The largest absolute Gasteiger partial charge is 0.494 e. The van der Waals surface area contributed by atoms with Crippen molar-refractivity contribution in [3.8, 4) is 5.75 Å². The Labute approximate surface area is 87.1 Å². The summed E-state index contributed by atoms with van der Waals surface area (Å²) in [6.07, 6.45) is 1.10. The second kappa shape index (κ2) is 5.04. The smallest absolute Gasteiger partial charge is 0.119 e. The van der Waals surface area contributed by atoms with Crippen LogP contribution in [0.5, 0.6) is 5.75 Å². The van der Waals surface area contributed by atoms with Crippen molar-refractivity contribution in [2.24, 2.45) is 0 Å². The first kappa shape index (κ1) is 11.1. The number of ether oxygens (including phenoxy) is 1. The van der Waals surface area contributed by atoms with Crippen LogP contribution in [0.2, 0.25) is 0 Å². The van der Waals surface area contributed by atoms with Crippen molar-refractivity contribution in [2.75, 3.05) is 6.61 Å². The van der Waals surface area contributed by atoms with Gasteiger partial charge in [-0.2, -0.15) is 0 Å². The fraction of sp³-hybridized carbons (Fsp3) is 0.538. The molecule has 0 atom stereocenters. The van der Waals surface area contributed by atoms with Crippen LogP contribution in [-0.2, 0) is 6.42 Å². The number of hydrogen-bond acceptors (Lipinski definition) is 1. The molecule has 78 valence electrons. The van der Waals surface area contributed by atoms with Crippen LogP contribution in [0.25, 0.3) is 0 Å². The van der Waals surface area contributed by atoms with Gasteiger partial charge in [-0.3, -0.25) is 0 Å². The Morgan fingerprint density at radius 3 is 2.43 bits per heavy atom. The van der Waals surface area contributed by atoms with E-state index in [1.165, 1.54) is 11.1 Å². The lowest BCUT2D eigenvalue weighted by molar-refractivity contribution is 0.339. The van der Waals surface area contributed by atoms with E-state index in [0.29, 0.717) is 5.92 Å². The van der Waals surface area contributed by atoms with Gasteiger partial charge in [0, 0.05) is 0 Å². The van der Waals surface area contributed by atoms with Crippen LogP contribution in [0, 0.1) is 0 Å². The van der Waals surface area contributed by atoms with Crippen molar-refractivity contribution in [1.29, 1.82) is 0 Å². The van der Waals surface area contributed by atoms with Crippen LogP contribution in [-0.4, -0.2) is 6.61 Å². The zero-order chi connectivity index (χ0) is 10.6. The lowest BCUT2D eigenvalue weighted by atomic mass is 9.95. The molecule has 1 heteroatoms. The molecule has 1 aromatic rings. The second-order valence-corrected chi connectivity index (χ2v) is 3.80. The van der Waals surface area contributed by atoms with E-state index in [1.54, 1.807) is 0 Å². The van der Waals surface area contributed by atoms with Crippen molar-refractivity contribution in [2.45, 2.75) is 40.0 Å². The first-order chi connectivity index (χ1) is 6.69. The Morgan fingerprint density at radius 1 is 1.21 bits per heavy atom. The van der Waals surface area contributed by atoms with Gasteiger partial charge in [0.25, 0.3) is 0 Å². The van der Waals surface area contributed by atoms with Crippen LogP contribution in [0.1, 0.15) is 44.7 Å². The first-order valence-corrected chi connectivity index (χ1v) is 5.44. The summed E-state index contributed by atoms with van der Waals surface area (Å²) in [5.41, 5.74) is 2.85. The highest BCUT2D eigenvalue weighted by molar-refractivity contribution is 5.37. The third-order valence-electron chi connectivity index (χ3n) is 2.43. The van der Waals surface area contributed by atoms with Gasteiger partial charge in [-0.05, 0) is 42.5 Å². The van der Waals surface area contributed by atoms with Gasteiger partial charge in [0.05, 0.1) is 6.61 Å². The molecule has 0 aliphatic heterocycles. The monoisotopic (exact) mass is 192 g/mol. The Kier molecular flexibility index (Phi) is 3.99. The van der Waals surface area contributed by atoms with E-state index >= 15 is 0 Å². The molecule has 0 aliphatic rings. The predicted molar refractivity (Wildman–Crippen MR) is 61.1 cm³/mol. The van der Waals surface area contributed by atoms with Crippen LogP contribution in [0.15, 0.2) is 18.2 Å². The summed E-state index contributed by atoms with van der Waals surface area (Å²) in [5.74, 6) is 1.57. The molecule has 0 fully saturated rings. The quantitative estimate of drug-likeness (QED) is 0.705. The van der Waals surface area contributed by atoms with E-state index < -0.39 is 0 Å². The summed E-state index contributed by atoms with van der Waals surface area (Å²) < 4.78 is 5.50. The highest BCUT2D eigenvalue weighted by Gasteiger charge is 2.06. The molecule has 0 spiro atoms. The molecule has 0 radical (unpaired) electrons. The standard InChI is InChI=1S/C13H20O/c1-5-11-7-8-12(14-6-2)9-13(11)10(3)4/h7-10H,5-6H2,1-4H3. The molecule has 0 N–H and O–H groups in total. The van der Waals surface area contributed by atoms with Gasteiger partial charge in [0.1, 0.15) is 5.75 Å². The average molecular weight is 192 g/mol. The molecular formula is C13H20O. The lowest BCUT2D eigenvalue weighted by Gasteiger charge is -2.13. The van der Waals surface area contributed by atoms with E-state index in [9.17, 15) is 0 Å². The highest BCUT2D eigenvalue weighted by Crippen LogP contribution is 2.25. The molecule has 1 nitrogen and oxygen atoms in total. The summed E-state index contributed by atoms with van der Waals surface area (Å²) in [7, 11) is 0. The Bertz CT molecular complexity index is 289. The van der Waals surface area contributed by atoms with Crippen molar-refractivity contribution in [3.05, 3.63) is 29.3 Å². The summed E-state index contributed by atoms with van der Waals surface area (Å²) in [5, 5.41) is 0. The van der Waals surface area contributed by atoms with Crippen LogP contribution in [0.3, 0.4) is 0 Å². The minimum absolute atomic E-state index is 0.574. The van der Waals surface area contributed by atoms with E-state index in [2.05, 4.69) is 39.0 Å². The van der Waals surface area contributed by atoms with Crippen LogP contribution in [0.4, 0.5) is 0 Å². The maximum absolute atomic E-state index is 5.50. The summed E-state index contributed by atoms with van der Waals surface area (Å²) in [6.45, 7) is 9.40. The van der Waals surface area contributed by atoms with Crippen molar-refractivity contribution >= 4 is 0 Å². The van der Waals surface area contributed by atoms with E-state index in [1.807, 2.05) is 6.92 Å². The van der Waals surface area contributed by atoms with Gasteiger partial charge in [-0.15, -0.1) is 0 Å². The van der Waals surface area contributed by atoms with E-state index in [4.69, 9.17) is 4.74 Å². The fourth-order valence-electron chi connectivity index (χ4n) is 1.69. The van der Waals surface area contributed by atoms with Gasteiger partial charge < -0.3 is 4.74 Å². The Hall–Kier alpha value is -0.980. The van der Waals surface area contributed by atoms with Gasteiger partial charge >= 0.3 is 0 Å². The molecule has 0 unspecified atom stereocenters. The molecule has 0 saturated carbocycles. The van der Waals surface area contributed by atoms with Crippen molar-refractivity contribution in [3.63, 3.8) is 0 Å². The van der Waals surface area contributed by atoms with Gasteiger partial charge in [0.15, 0.2) is 0 Å². The summed E-state index contributed by atoms with van der Waals surface area (Å²) in [6, 6.07) is 6.42. The van der Waals surface area contributed by atoms with E-state index in [0.717, 1.165) is 18.8 Å². The summed E-state index contributed by atoms with van der Waals surface area (Å²) >= 11 is 0. The molecule has 1 aromatic carbocycles. The van der Waals surface area contributed by atoms with E-state index in [-0.39, 0.29) is 0 Å². The normalized spacial score (nSPS) is 10.6. The number of benzene rings is 1. The number of aryl methyl sites for hydroxylation is 1.